The van der Waals surface area contributed by atoms with E-state index < -0.39 is 5.60 Å². The van der Waals surface area contributed by atoms with Gasteiger partial charge in [-0.2, -0.15) is 0 Å². The largest absolute Gasteiger partial charge is 0.496 e. The molecule has 5 heteroatoms. The highest BCUT2D eigenvalue weighted by molar-refractivity contribution is 9.10. The number of alkyl carbamates (subject to hydrolysis) is 1. The molecular formula is C16H22BrNO3. The van der Waals surface area contributed by atoms with Gasteiger partial charge in [0.2, 0.25) is 0 Å². The number of halogens is 1. The van der Waals surface area contributed by atoms with Gasteiger partial charge in [-0.3, -0.25) is 0 Å². The van der Waals surface area contributed by atoms with E-state index in [0.717, 1.165) is 22.2 Å². The van der Waals surface area contributed by atoms with E-state index in [0.29, 0.717) is 6.54 Å². The molecule has 0 bridgehead atoms. The topological polar surface area (TPSA) is 47.6 Å². The van der Waals surface area contributed by atoms with E-state index in [1.54, 1.807) is 7.11 Å². The van der Waals surface area contributed by atoms with E-state index in [-0.39, 0.29) is 6.09 Å². The maximum atomic E-state index is 11.4. The molecule has 0 fully saturated rings. The SMILES string of the molecule is COc1cc(C=CCCNC(=O)OC(C)(C)C)ccc1Br. The number of carbonyl (C=O) groups excluding carboxylic acids is 1. The molecule has 0 spiro atoms. The molecule has 0 aliphatic rings. The number of nitrogens with one attached hydrogen (secondary N) is 1. The van der Waals surface area contributed by atoms with Crippen molar-refractivity contribution in [2.24, 2.45) is 0 Å². The Kier molecular flexibility index (Phi) is 6.75. The summed E-state index contributed by atoms with van der Waals surface area (Å²) in [6, 6.07) is 5.88. The summed E-state index contributed by atoms with van der Waals surface area (Å²) in [5.41, 5.74) is 0.584. The molecule has 1 N–H and O–H groups in total. The van der Waals surface area contributed by atoms with Crippen LogP contribution in [0.4, 0.5) is 4.79 Å². The first-order valence-corrected chi connectivity index (χ1v) is 7.58. The second kappa shape index (κ2) is 8.08. The van der Waals surface area contributed by atoms with E-state index in [1.165, 1.54) is 0 Å². The molecule has 0 aromatic heterocycles. The minimum atomic E-state index is -0.464. The molecule has 0 heterocycles. The normalized spacial score (nSPS) is 11.5. The fraction of sp³-hybridized carbons (Fsp3) is 0.438. The number of benzene rings is 1. The summed E-state index contributed by atoms with van der Waals surface area (Å²) in [4.78, 5) is 11.4. The Bertz CT molecular complexity index is 507. The lowest BCUT2D eigenvalue weighted by Crippen LogP contribution is -2.32. The molecule has 1 amide bonds. The van der Waals surface area contributed by atoms with Crippen molar-refractivity contribution >= 4 is 28.1 Å². The minimum absolute atomic E-state index is 0.388. The van der Waals surface area contributed by atoms with Crippen molar-refractivity contribution in [1.82, 2.24) is 5.32 Å². The van der Waals surface area contributed by atoms with Crippen molar-refractivity contribution < 1.29 is 14.3 Å². The Morgan fingerprint density at radius 3 is 2.71 bits per heavy atom. The quantitative estimate of drug-likeness (QED) is 0.797. The van der Waals surface area contributed by atoms with Crippen LogP contribution in [0.5, 0.6) is 5.75 Å². The monoisotopic (exact) mass is 355 g/mol. The van der Waals surface area contributed by atoms with Gasteiger partial charge in [0.1, 0.15) is 11.4 Å². The fourth-order valence-corrected chi connectivity index (χ4v) is 1.98. The molecule has 21 heavy (non-hydrogen) atoms. The first-order valence-electron chi connectivity index (χ1n) is 6.79. The van der Waals surface area contributed by atoms with Gasteiger partial charge in [-0.1, -0.05) is 18.2 Å². The molecule has 0 aliphatic carbocycles. The summed E-state index contributed by atoms with van der Waals surface area (Å²) in [6.07, 6.45) is 4.34. The number of carbonyl (C=O) groups is 1. The van der Waals surface area contributed by atoms with Crippen LogP contribution >= 0.6 is 15.9 Å². The van der Waals surface area contributed by atoms with Gasteiger partial charge in [0, 0.05) is 6.54 Å². The molecule has 0 radical (unpaired) electrons. The number of rotatable bonds is 5. The van der Waals surface area contributed by atoms with E-state index in [2.05, 4.69) is 21.2 Å². The lowest BCUT2D eigenvalue weighted by molar-refractivity contribution is 0.0529. The van der Waals surface area contributed by atoms with Crippen molar-refractivity contribution in [2.75, 3.05) is 13.7 Å². The predicted octanol–water partition coefficient (Wildman–Crippen LogP) is 4.39. The minimum Gasteiger partial charge on any atom is -0.496 e. The molecule has 1 aromatic carbocycles. The summed E-state index contributed by atoms with van der Waals surface area (Å²) in [7, 11) is 1.64. The smallest absolute Gasteiger partial charge is 0.407 e. The molecule has 0 saturated carbocycles. The molecule has 1 rings (SSSR count). The van der Waals surface area contributed by atoms with Crippen LogP contribution in [0.1, 0.15) is 32.8 Å². The molecule has 0 unspecified atom stereocenters. The maximum Gasteiger partial charge on any atom is 0.407 e. The van der Waals surface area contributed by atoms with E-state index in [4.69, 9.17) is 9.47 Å². The van der Waals surface area contributed by atoms with Crippen LogP contribution in [-0.2, 0) is 4.74 Å². The third-order valence-corrected chi connectivity index (χ3v) is 3.12. The summed E-state index contributed by atoms with van der Waals surface area (Å²) >= 11 is 3.41. The van der Waals surface area contributed by atoms with Crippen LogP contribution in [0.2, 0.25) is 0 Å². The van der Waals surface area contributed by atoms with Gasteiger partial charge in [-0.05, 0) is 60.8 Å². The highest BCUT2D eigenvalue weighted by Crippen LogP contribution is 2.26. The Hall–Kier alpha value is -1.49. The van der Waals surface area contributed by atoms with E-state index >= 15 is 0 Å². The maximum absolute atomic E-state index is 11.4. The highest BCUT2D eigenvalue weighted by atomic mass is 79.9. The van der Waals surface area contributed by atoms with Crippen molar-refractivity contribution in [1.29, 1.82) is 0 Å². The van der Waals surface area contributed by atoms with Crippen LogP contribution in [-0.4, -0.2) is 25.3 Å². The summed E-state index contributed by atoms with van der Waals surface area (Å²) in [5.74, 6) is 0.795. The zero-order chi connectivity index (χ0) is 15.9. The standard InChI is InChI=1S/C16H22BrNO3/c1-16(2,3)21-15(19)18-10-6-5-7-12-8-9-13(17)14(11-12)20-4/h5,7-9,11H,6,10H2,1-4H3,(H,18,19). The third-order valence-electron chi connectivity index (χ3n) is 2.46. The molecule has 0 atom stereocenters. The Labute approximate surface area is 134 Å². The second-order valence-electron chi connectivity index (χ2n) is 5.51. The van der Waals surface area contributed by atoms with Crippen LogP contribution in [0.3, 0.4) is 0 Å². The Morgan fingerprint density at radius 2 is 2.10 bits per heavy atom. The number of ether oxygens (including phenoxy) is 2. The van der Waals surface area contributed by atoms with Crippen molar-refractivity contribution in [3.63, 3.8) is 0 Å². The van der Waals surface area contributed by atoms with Gasteiger partial charge in [0.25, 0.3) is 0 Å². The third kappa shape index (κ3) is 7.18. The molecule has 0 saturated heterocycles. The lowest BCUT2D eigenvalue weighted by atomic mass is 10.2. The van der Waals surface area contributed by atoms with Gasteiger partial charge < -0.3 is 14.8 Å². The molecule has 116 valence electrons. The Balaban J connectivity index is 2.37. The Morgan fingerprint density at radius 1 is 1.38 bits per heavy atom. The fourth-order valence-electron chi connectivity index (χ4n) is 1.57. The summed E-state index contributed by atoms with van der Waals surface area (Å²) in [5, 5.41) is 2.71. The van der Waals surface area contributed by atoms with Crippen LogP contribution in [0.15, 0.2) is 28.7 Å². The van der Waals surface area contributed by atoms with Crippen LogP contribution < -0.4 is 10.1 Å². The van der Waals surface area contributed by atoms with Crippen molar-refractivity contribution in [3.8, 4) is 5.75 Å². The first-order chi connectivity index (χ1) is 9.81. The van der Waals surface area contributed by atoms with Crippen LogP contribution in [0, 0.1) is 0 Å². The number of hydrogen-bond acceptors (Lipinski definition) is 3. The van der Waals surface area contributed by atoms with Crippen molar-refractivity contribution in [3.05, 3.63) is 34.3 Å². The molecule has 1 aromatic rings. The zero-order valence-electron chi connectivity index (χ0n) is 12.9. The highest BCUT2D eigenvalue weighted by Gasteiger charge is 2.15. The predicted molar refractivity (Wildman–Crippen MR) is 88.6 cm³/mol. The number of amides is 1. The van der Waals surface area contributed by atoms with Gasteiger partial charge >= 0.3 is 6.09 Å². The molecular weight excluding hydrogens is 334 g/mol. The zero-order valence-corrected chi connectivity index (χ0v) is 14.5. The lowest BCUT2D eigenvalue weighted by Gasteiger charge is -2.19. The number of methoxy groups -OCH3 is 1. The summed E-state index contributed by atoms with van der Waals surface area (Å²) in [6.45, 7) is 6.06. The molecule has 0 aliphatic heterocycles. The van der Waals surface area contributed by atoms with Gasteiger partial charge in [0.05, 0.1) is 11.6 Å². The average molecular weight is 356 g/mol. The van der Waals surface area contributed by atoms with Crippen molar-refractivity contribution in [2.45, 2.75) is 32.8 Å². The van der Waals surface area contributed by atoms with Gasteiger partial charge in [0.15, 0.2) is 0 Å². The first kappa shape index (κ1) is 17.6. The summed E-state index contributed by atoms with van der Waals surface area (Å²) < 4.78 is 11.3. The van der Waals surface area contributed by atoms with Gasteiger partial charge in [-0.25, -0.2) is 4.79 Å². The van der Waals surface area contributed by atoms with Gasteiger partial charge in [-0.15, -0.1) is 0 Å². The molecule has 4 nitrogen and oxygen atoms in total. The second-order valence-corrected chi connectivity index (χ2v) is 6.37. The van der Waals surface area contributed by atoms with E-state index in [9.17, 15) is 4.79 Å². The van der Waals surface area contributed by atoms with E-state index in [1.807, 2.05) is 51.1 Å². The number of hydrogen-bond donors (Lipinski definition) is 1. The van der Waals surface area contributed by atoms with Crippen LogP contribution in [0.25, 0.3) is 6.08 Å². The average Bonchev–Trinajstić information content (AvgIpc) is 2.38.